The number of para-hydroxylation sites is 1. The lowest BCUT2D eigenvalue weighted by Gasteiger charge is -2.09. The van der Waals surface area contributed by atoms with Crippen LogP contribution >= 0.6 is 0 Å². The SMILES string of the molecule is COc1cnc(-c2ccccc2OCc2ccccc2)o1. The molecule has 3 rings (SSSR count). The lowest BCUT2D eigenvalue weighted by molar-refractivity contribution is 0.300. The van der Waals surface area contributed by atoms with Gasteiger partial charge in [0.2, 0.25) is 5.89 Å². The van der Waals surface area contributed by atoms with Crippen molar-refractivity contribution in [3.63, 3.8) is 0 Å². The van der Waals surface area contributed by atoms with Crippen LogP contribution in [-0.2, 0) is 6.61 Å². The van der Waals surface area contributed by atoms with Crippen LogP contribution in [0.5, 0.6) is 11.7 Å². The van der Waals surface area contributed by atoms with Crippen LogP contribution < -0.4 is 9.47 Å². The third kappa shape index (κ3) is 3.05. The molecule has 0 spiro atoms. The van der Waals surface area contributed by atoms with Gasteiger partial charge in [-0.25, -0.2) is 4.98 Å². The van der Waals surface area contributed by atoms with Crippen molar-refractivity contribution >= 4 is 0 Å². The number of nitrogens with zero attached hydrogens (tertiary/aromatic N) is 1. The zero-order valence-corrected chi connectivity index (χ0v) is 11.7. The molecule has 2 aromatic carbocycles. The van der Waals surface area contributed by atoms with E-state index in [1.165, 1.54) is 0 Å². The Balaban J connectivity index is 1.82. The Labute approximate surface area is 123 Å². The van der Waals surface area contributed by atoms with Crippen molar-refractivity contribution in [1.82, 2.24) is 4.98 Å². The molecule has 0 saturated carbocycles. The minimum absolute atomic E-state index is 0.378. The predicted octanol–water partition coefficient (Wildman–Crippen LogP) is 3.93. The average Bonchev–Trinajstić information content (AvgIpc) is 3.03. The Kier molecular flexibility index (Phi) is 3.87. The second-order valence-electron chi connectivity index (χ2n) is 4.46. The maximum Gasteiger partial charge on any atom is 0.305 e. The van der Waals surface area contributed by atoms with Crippen molar-refractivity contribution in [2.45, 2.75) is 6.61 Å². The largest absolute Gasteiger partial charge is 0.488 e. The fourth-order valence-corrected chi connectivity index (χ4v) is 1.98. The predicted molar refractivity (Wildman–Crippen MR) is 79.3 cm³/mol. The number of methoxy groups -OCH3 is 1. The van der Waals surface area contributed by atoms with Crippen molar-refractivity contribution in [2.75, 3.05) is 7.11 Å². The Morgan fingerprint density at radius 3 is 2.52 bits per heavy atom. The minimum atomic E-state index is 0.378. The number of oxazole rings is 1. The Bertz CT molecular complexity index is 707. The summed E-state index contributed by atoms with van der Waals surface area (Å²) in [6.45, 7) is 0.496. The van der Waals surface area contributed by atoms with Crippen LogP contribution in [0.15, 0.2) is 65.2 Å². The fourth-order valence-electron chi connectivity index (χ4n) is 1.98. The Hall–Kier alpha value is -2.75. The van der Waals surface area contributed by atoms with E-state index in [1.807, 2.05) is 54.6 Å². The highest BCUT2D eigenvalue weighted by atomic mass is 16.6. The van der Waals surface area contributed by atoms with E-state index in [4.69, 9.17) is 13.9 Å². The van der Waals surface area contributed by atoms with E-state index in [9.17, 15) is 0 Å². The molecule has 0 fully saturated rings. The number of hydrogen-bond acceptors (Lipinski definition) is 4. The molecule has 1 aromatic heterocycles. The molecular weight excluding hydrogens is 266 g/mol. The highest BCUT2D eigenvalue weighted by molar-refractivity contribution is 5.62. The monoisotopic (exact) mass is 281 g/mol. The topological polar surface area (TPSA) is 44.5 Å². The first kappa shape index (κ1) is 13.2. The van der Waals surface area contributed by atoms with Gasteiger partial charge in [0.1, 0.15) is 18.6 Å². The molecular formula is C17H15NO3. The van der Waals surface area contributed by atoms with Crippen molar-refractivity contribution in [2.24, 2.45) is 0 Å². The zero-order valence-electron chi connectivity index (χ0n) is 11.7. The van der Waals surface area contributed by atoms with E-state index in [1.54, 1.807) is 13.3 Å². The van der Waals surface area contributed by atoms with Gasteiger partial charge in [-0.2, -0.15) is 0 Å². The molecule has 0 saturated heterocycles. The average molecular weight is 281 g/mol. The summed E-state index contributed by atoms with van der Waals surface area (Å²) in [5.41, 5.74) is 1.91. The highest BCUT2D eigenvalue weighted by Crippen LogP contribution is 2.31. The molecule has 1 heterocycles. The van der Waals surface area contributed by atoms with Crippen molar-refractivity contribution in [3.8, 4) is 23.1 Å². The molecule has 0 radical (unpaired) electrons. The van der Waals surface area contributed by atoms with E-state index in [0.717, 1.165) is 16.9 Å². The lowest BCUT2D eigenvalue weighted by atomic mass is 10.2. The van der Waals surface area contributed by atoms with E-state index in [2.05, 4.69) is 4.98 Å². The molecule has 0 bridgehead atoms. The first-order valence-electron chi connectivity index (χ1n) is 6.63. The van der Waals surface area contributed by atoms with Gasteiger partial charge in [-0.3, -0.25) is 0 Å². The molecule has 0 aliphatic carbocycles. The van der Waals surface area contributed by atoms with Gasteiger partial charge in [-0.15, -0.1) is 0 Å². The standard InChI is InChI=1S/C17H15NO3/c1-19-16-11-18-17(21-16)14-9-5-6-10-15(14)20-12-13-7-3-2-4-8-13/h2-11H,12H2,1H3. The molecule has 0 aliphatic rings. The molecule has 3 aromatic rings. The van der Waals surface area contributed by atoms with Crippen LogP contribution in [0.2, 0.25) is 0 Å². The third-order valence-corrected chi connectivity index (χ3v) is 3.04. The Morgan fingerprint density at radius 2 is 1.76 bits per heavy atom. The van der Waals surface area contributed by atoms with Crippen LogP contribution in [0.3, 0.4) is 0 Å². The van der Waals surface area contributed by atoms with Gasteiger partial charge in [-0.05, 0) is 17.7 Å². The maximum absolute atomic E-state index is 5.88. The molecule has 0 aliphatic heterocycles. The van der Waals surface area contributed by atoms with Gasteiger partial charge in [0, 0.05) is 0 Å². The van der Waals surface area contributed by atoms with Crippen LogP contribution in [0.4, 0.5) is 0 Å². The van der Waals surface area contributed by atoms with Gasteiger partial charge < -0.3 is 13.9 Å². The van der Waals surface area contributed by atoms with Gasteiger partial charge in [0.15, 0.2) is 0 Å². The van der Waals surface area contributed by atoms with Crippen LogP contribution in [-0.4, -0.2) is 12.1 Å². The number of benzene rings is 2. The van der Waals surface area contributed by atoms with Crippen LogP contribution in [0.25, 0.3) is 11.5 Å². The van der Waals surface area contributed by atoms with Crippen molar-refractivity contribution < 1.29 is 13.9 Å². The zero-order chi connectivity index (χ0) is 14.5. The number of aromatic nitrogens is 1. The molecule has 4 heteroatoms. The summed E-state index contributed by atoms with van der Waals surface area (Å²) in [5, 5.41) is 0. The van der Waals surface area contributed by atoms with Gasteiger partial charge in [-0.1, -0.05) is 42.5 Å². The molecule has 0 N–H and O–H groups in total. The molecule has 0 unspecified atom stereocenters. The van der Waals surface area contributed by atoms with E-state index < -0.39 is 0 Å². The summed E-state index contributed by atoms with van der Waals surface area (Å²) in [6.07, 6.45) is 1.54. The first-order chi connectivity index (χ1) is 10.4. The Morgan fingerprint density at radius 1 is 1.00 bits per heavy atom. The smallest absolute Gasteiger partial charge is 0.305 e. The number of rotatable bonds is 5. The van der Waals surface area contributed by atoms with Gasteiger partial charge in [0.05, 0.1) is 12.7 Å². The molecule has 4 nitrogen and oxygen atoms in total. The summed E-state index contributed by atoms with van der Waals surface area (Å²) in [7, 11) is 1.54. The molecule has 106 valence electrons. The van der Waals surface area contributed by atoms with E-state index in [-0.39, 0.29) is 0 Å². The van der Waals surface area contributed by atoms with Crippen LogP contribution in [0, 0.1) is 0 Å². The summed E-state index contributed by atoms with van der Waals surface area (Å²) in [5.74, 6) is 1.59. The number of ether oxygens (including phenoxy) is 2. The van der Waals surface area contributed by atoms with Gasteiger partial charge >= 0.3 is 5.95 Å². The lowest BCUT2D eigenvalue weighted by Crippen LogP contribution is -1.96. The second-order valence-corrected chi connectivity index (χ2v) is 4.46. The summed E-state index contributed by atoms with van der Waals surface area (Å²) in [4.78, 5) is 4.20. The molecule has 0 amide bonds. The molecule has 21 heavy (non-hydrogen) atoms. The minimum Gasteiger partial charge on any atom is -0.488 e. The third-order valence-electron chi connectivity index (χ3n) is 3.04. The second kappa shape index (κ2) is 6.13. The van der Waals surface area contributed by atoms with Crippen molar-refractivity contribution in [3.05, 3.63) is 66.4 Å². The van der Waals surface area contributed by atoms with E-state index >= 15 is 0 Å². The fraction of sp³-hybridized carbons (Fsp3) is 0.118. The quantitative estimate of drug-likeness (QED) is 0.710. The van der Waals surface area contributed by atoms with E-state index in [0.29, 0.717) is 18.4 Å². The normalized spacial score (nSPS) is 10.3. The van der Waals surface area contributed by atoms with Crippen molar-refractivity contribution in [1.29, 1.82) is 0 Å². The van der Waals surface area contributed by atoms with Gasteiger partial charge in [0.25, 0.3) is 0 Å². The summed E-state index contributed by atoms with van der Waals surface area (Å²) in [6, 6.07) is 17.7. The van der Waals surface area contributed by atoms with Crippen LogP contribution in [0.1, 0.15) is 5.56 Å². The summed E-state index contributed by atoms with van der Waals surface area (Å²) >= 11 is 0. The first-order valence-corrected chi connectivity index (χ1v) is 6.63. The summed E-state index contributed by atoms with van der Waals surface area (Å²) < 4.78 is 16.4. The number of hydrogen-bond donors (Lipinski definition) is 0. The highest BCUT2D eigenvalue weighted by Gasteiger charge is 2.12. The maximum atomic E-state index is 5.88. The molecule has 0 atom stereocenters.